The van der Waals surface area contributed by atoms with Crippen LogP contribution in [0.4, 0.5) is 5.69 Å². The largest absolute Gasteiger partial charge is 0.369 e. The van der Waals surface area contributed by atoms with E-state index < -0.39 is 5.91 Å². The van der Waals surface area contributed by atoms with Gasteiger partial charge >= 0.3 is 0 Å². The summed E-state index contributed by atoms with van der Waals surface area (Å²) >= 11 is 1.30. The highest BCUT2D eigenvalue weighted by Gasteiger charge is 2.20. The molecule has 1 aromatic carbocycles. The molecule has 0 saturated heterocycles. The standard InChI is InChI=1S/C18H24N4O3S/c1-18(2,3)17-21-16(25-22-17)10-6-9-15(24)20-12-7-4-5-8-13(12)26-11-14(19)23/h4-5,7-8H,6,9-11H2,1-3H3,(H2,19,23)(H,20,24). The molecule has 2 aromatic rings. The number of benzene rings is 1. The normalized spacial score (nSPS) is 11.3. The maximum atomic E-state index is 12.2. The molecule has 26 heavy (non-hydrogen) atoms. The van der Waals surface area contributed by atoms with Crippen molar-refractivity contribution in [3.8, 4) is 0 Å². The number of hydrogen-bond acceptors (Lipinski definition) is 6. The number of nitrogens with one attached hydrogen (secondary N) is 1. The number of carbonyl (C=O) groups is 2. The third kappa shape index (κ3) is 6.18. The molecular weight excluding hydrogens is 352 g/mol. The number of amides is 2. The third-order valence-electron chi connectivity index (χ3n) is 3.46. The summed E-state index contributed by atoms with van der Waals surface area (Å²) in [5, 5.41) is 6.84. The van der Waals surface area contributed by atoms with Gasteiger partial charge in [-0.25, -0.2) is 0 Å². The molecular formula is C18H24N4O3S. The van der Waals surface area contributed by atoms with Crippen molar-refractivity contribution < 1.29 is 14.1 Å². The lowest BCUT2D eigenvalue weighted by Crippen LogP contribution is -2.14. The van der Waals surface area contributed by atoms with Crippen LogP contribution in [0.3, 0.4) is 0 Å². The molecule has 2 rings (SSSR count). The van der Waals surface area contributed by atoms with E-state index in [1.54, 1.807) is 6.07 Å². The number of hydrogen-bond donors (Lipinski definition) is 2. The lowest BCUT2D eigenvalue weighted by molar-refractivity contribution is -0.116. The minimum atomic E-state index is -0.398. The van der Waals surface area contributed by atoms with Crippen LogP contribution in [0.15, 0.2) is 33.7 Å². The molecule has 0 aliphatic heterocycles. The number of anilines is 1. The van der Waals surface area contributed by atoms with Crippen LogP contribution < -0.4 is 11.1 Å². The molecule has 0 saturated carbocycles. The molecule has 3 N–H and O–H groups in total. The summed E-state index contributed by atoms with van der Waals surface area (Å²) in [6.07, 6.45) is 1.49. The second-order valence-corrected chi connectivity index (χ2v) is 7.93. The SMILES string of the molecule is CC(C)(C)c1noc(CCCC(=O)Nc2ccccc2SCC(N)=O)n1. The maximum Gasteiger partial charge on any atom is 0.227 e. The van der Waals surface area contributed by atoms with Crippen molar-refractivity contribution >= 4 is 29.3 Å². The summed E-state index contributed by atoms with van der Waals surface area (Å²) in [4.78, 5) is 28.3. The number of thioether (sulfide) groups is 1. The van der Waals surface area contributed by atoms with E-state index in [-0.39, 0.29) is 17.1 Å². The first-order valence-corrected chi connectivity index (χ1v) is 9.37. The zero-order valence-electron chi connectivity index (χ0n) is 15.2. The molecule has 8 heteroatoms. The van der Waals surface area contributed by atoms with Crippen LogP contribution in [0.25, 0.3) is 0 Å². The Morgan fingerprint density at radius 2 is 2.00 bits per heavy atom. The second-order valence-electron chi connectivity index (χ2n) is 6.91. The third-order valence-corrected chi connectivity index (χ3v) is 4.56. The summed E-state index contributed by atoms with van der Waals surface area (Å²) in [5.74, 6) is 0.871. The Balaban J connectivity index is 1.84. The molecule has 2 amide bonds. The summed E-state index contributed by atoms with van der Waals surface area (Å²) < 4.78 is 5.22. The Kier molecular flexibility index (Phi) is 6.79. The Labute approximate surface area is 157 Å². The van der Waals surface area contributed by atoms with Crippen molar-refractivity contribution in [3.05, 3.63) is 36.0 Å². The molecule has 0 aliphatic rings. The van der Waals surface area contributed by atoms with E-state index in [1.807, 2.05) is 39.0 Å². The summed E-state index contributed by atoms with van der Waals surface area (Å²) in [7, 11) is 0. The lowest BCUT2D eigenvalue weighted by atomic mass is 9.96. The molecule has 0 spiro atoms. The maximum absolute atomic E-state index is 12.2. The van der Waals surface area contributed by atoms with Gasteiger partial charge in [-0.05, 0) is 18.6 Å². The van der Waals surface area contributed by atoms with Gasteiger partial charge in [0.05, 0.1) is 11.4 Å². The monoisotopic (exact) mass is 376 g/mol. The fourth-order valence-electron chi connectivity index (χ4n) is 2.12. The smallest absolute Gasteiger partial charge is 0.227 e. The van der Waals surface area contributed by atoms with Gasteiger partial charge in [0.15, 0.2) is 5.82 Å². The molecule has 0 radical (unpaired) electrons. The van der Waals surface area contributed by atoms with Crippen molar-refractivity contribution in [2.75, 3.05) is 11.1 Å². The predicted molar refractivity (Wildman–Crippen MR) is 101 cm³/mol. The quantitative estimate of drug-likeness (QED) is 0.685. The molecule has 1 aromatic heterocycles. The van der Waals surface area contributed by atoms with Crippen LogP contribution in [0.2, 0.25) is 0 Å². The molecule has 0 fully saturated rings. The van der Waals surface area contributed by atoms with Crippen LogP contribution in [-0.2, 0) is 21.4 Å². The number of primary amides is 1. The summed E-state index contributed by atoms with van der Waals surface area (Å²) in [6.45, 7) is 6.05. The zero-order chi connectivity index (χ0) is 19.2. The lowest BCUT2D eigenvalue weighted by Gasteiger charge is -2.11. The van der Waals surface area contributed by atoms with Crippen molar-refractivity contribution in [2.45, 2.75) is 50.3 Å². The van der Waals surface area contributed by atoms with Gasteiger partial charge in [-0.2, -0.15) is 4.98 Å². The van der Waals surface area contributed by atoms with E-state index in [4.69, 9.17) is 10.3 Å². The van der Waals surface area contributed by atoms with Gasteiger partial charge in [-0.15, -0.1) is 11.8 Å². The topological polar surface area (TPSA) is 111 Å². The van der Waals surface area contributed by atoms with Gasteiger partial charge in [0, 0.05) is 23.2 Å². The molecule has 0 aliphatic carbocycles. The van der Waals surface area contributed by atoms with E-state index in [2.05, 4.69) is 15.5 Å². The number of para-hydroxylation sites is 1. The van der Waals surface area contributed by atoms with Gasteiger partial charge < -0.3 is 15.6 Å². The Bertz CT molecular complexity index is 768. The summed E-state index contributed by atoms with van der Waals surface area (Å²) in [6, 6.07) is 7.32. The molecule has 7 nitrogen and oxygen atoms in total. The van der Waals surface area contributed by atoms with Crippen LogP contribution in [0, 0.1) is 0 Å². The Morgan fingerprint density at radius 3 is 2.65 bits per heavy atom. The Morgan fingerprint density at radius 1 is 1.27 bits per heavy atom. The van der Waals surface area contributed by atoms with Crippen molar-refractivity contribution in [1.82, 2.24) is 10.1 Å². The van der Waals surface area contributed by atoms with E-state index in [1.165, 1.54) is 11.8 Å². The number of aromatic nitrogens is 2. The molecule has 0 bridgehead atoms. The zero-order valence-corrected chi connectivity index (χ0v) is 16.1. The van der Waals surface area contributed by atoms with Crippen LogP contribution in [0.1, 0.15) is 45.3 Å². The molecule has 0 atom stereocenters. The van der Waals surface area contributed by atoms with Crippen molar-refractivity contribution in [1.29, 1.82) is 0 Å². The fraction of sp³-hybridized carbons (Fsp3) is 0.444. The van der Waals surface area contributed by atoms with Crippen LogP contribution in [-0.4, -0.2) is 27.7 Å². The van der Waals surface area contributed by atoms with Crippen LogP contribution in [0.5, 0.6) is 0 Å². The first kappa shape index (κ1) is 20.0. The van der Waals surface area contributed by atoms with Gasteiger partial charge in [0.25, 0.3) is 0 Å². The highest BCUT2D eigenvalue weighted by atomic mass is 32.2. The van der Waals surface area contributed by atoms with E-state index in [0.29, 0.717) is 36.7 Å². The first-order valence-electron chi connectivity index (χ1n) is 8.39. The van der Waals surface area contributed by atoms with Crippen molar-refractivity contribution in [3.63, 3.8) is 0 Å². The number of nitrogens with zero attached hydrogens (tertiary/aromatic N) is 2. The molecule has 140 valence electrons. The van der Waals surface area contributed by atoms with E-state index in [0.717, 1.165) is 4.90 Å². The molecule has 0 unspecified atom stereocenters. The number of nitrogens with two attached hydrogens (primary N) is 1. The average molecular weight is 376 g/mol. The van der Waals surface area contributed by atoms with E-state index >= 15 is 0 Å². The van der Waals surface area contributed by atoms with Gasteiger partial charge in [0.2, 0.25) is 17.7 Å². The van der Waals surface area contributed by atoms with E-state index in [9.17, 15) is 9.59 Å². The second kappa shape index (κ2) is 8.84. The van der Waals surface area contributed by atoms with Crippen molar-refractivity contribution in [2.24, 2.45) is 5.73 Å². The molecule has 1 heterocycles. The van der Waals surface area contributed by atoms with Gasteiger partial charge in [0.1, 0.15) is 0 Å². The number of carbonyl (C=O) groups excluding carboxylic acids is 2. The minimum absolute atomic E-state index is 0.104. The number of rotatable bonds is 8. The summed E-state index contributed by atoms with van der Waals surface area (Å²) in [5.41, 5.74) is 5.69. The first-order chi connectivity index (χ1) is 12.3. The number of aryl methyl sites for hydroxylation is 1. The average Bonchev–Trinajstić information content (AvgIpc) is 3.03. The van der Waals surface area contributed by atoms with Crippen LogP contribution >= 0.6 is 11.8 Å². The predicted octanol–water partition coefficient (Wildman–Crippen LogP) is 2.91. The highest BCUT2D eigenvalue weighted by molar-refractivity contribution is 8.00. The van der Waals surface area contributed by atoms with Gasteiger partial charge in [-0.1, -0.05) is 38.1 Å². The highest BCUT2D eigenvalue weighted by Crippen LogP contribution is 2.27. The Hall–Kier alpha value is -2.35. The van der Waals surface area contributed by atoms with Gasteiger partial charge in [-0.3, -0.25) is 9.59 Å². The minimum Gasteiger partial charge on any atom is -0.369 e. The fourth-order valence-corrected chi connectivity index (χ4v) is 2.87.